The molecule has 1 aromatic rings. The van der Waals surface area contributed by atoms with Gasteiger partial charge in [0, 0.05) is 30.0 Å². The van der Waals surface area contributed by atoms with Crippen molar-refractivity contribution in [2.45, 2.75) is 32.7 Å². The smallest absolute Gasteiger partial charge is 0.331 e. The van der Waals surface area contributed by atoms with Gasteiger partial charge in [0.15, 0.2) is 0 Å². The fraction of sp³-hybridized carbons (Fsp3) is 0.462. The lowest BCUT2D eigenvalue weighted by Crippen LogP contribution is -2.29. The van der Waals surface area contributed by atoms with E-state index in [2.05, 4.69) is 4.98 Å². The molecule has 0 N–H and O–H groups in total. The maximum absolute atomic E-state index is 11.8. The van der Waals surface area contributed by atoms with Gasteiger partial charge in [-0.2, -0.15) is 0 Å². The largest absolute Gasteiger partial charge is 0.463 e. The molecule has 1 aliphatic rings. The van der Waals surface area contributed by atoms with Crippen molar-refractivity contribution in [2.75, 3.05) is 6.61 Å². The van der Waals surface area contributed by atoms with Gasteiger partial charge in [0.25, 0.3) is 5.56 Å². The first-order valence-electron chi connectivity index (χ1n) is 6.08. The second kappa shape index (κ2) is 5.16. The van der Waals surface area contributed by atoms with Gasteiger partial charge in [-0.25, -0.2) is 9.78 Å². The summed E-state index contributed by atoms with van der Waals surface area (Å²) >= 11 is 0. The van der Waals surface area contributed by atoms with E-state index < -0.39 is 0 Å². The fourth-order valence-electron chi connectivity index (χ4n) is 2.15. The Hall–Kier alpha value is -1.91. The molecule has 0 fully saturated rings. The van der Waals surface area contributed by atoms with Gasteiger partial charge >= 0.3 is 5.97 Å². The van der Waals surface area contributed by atoms with E-state index in [-0.39, 0.29) is 17.6 Å². The monoisotopic (exact) mass is 248 g/mol. The Labute approximate surface area is 105 Å². The third-order valence-electron chi connectivity index (χ3n) is 3.02. The normalized spacial score (nSPS) is 20.6. The predicted octanol–water partition coefficient (Wildman–Crippen LogP) is 1.54. The van der Waals surface area contributed by atoms with Crippen LogP contribution >= 0.6 is 0 Å². The highest BCUT2D eigenvalue weighted by atomic mass is 16.5. The molecule has 18 heavy (non-hydrogen) atoms. The number of allylic oxidation sites excluding steroid dienone is 1. The molecule has 2 rings (SSSR count). The molecule has 5 nitrogen and oxygen atoms in total. The summed E-state index contributed by atoms with van der Waals surface area (Å²) in [5, 5.41) is 0. The first-order chi connectivity index (χ1) is 8.63. The Morgan fingerprint density at radius 3 is 3.17 bits per heavy atom. The van der Waals surface area contributed by atoms with Crippen molar-refractivity contribution < 1.29 is 9.53 Å². The zero-order valence-electron chi connectivity index (χ0n) is 10.5. The average Bonchev–Trinajstić information content (AvgIpc) is 2.33. The van der Waals surface area contributed by atoms with Crippen LogP contribution in [-0.4, -0.2) is 22.1 Å². The molecule has 0 amide bonds. The molecule has 96 valence electrons. The fourth-order valence-corrected chi connectivity index (χ4v) is 2.15. The van der Waals surface area contributed by atoms with Crippen LogP contribution in [0.2, 0.25) is 0 Å². The van der Waals surface area contributed by atoms with Crippen molar-refractivity contribution in [2.24, 2.45) is 0 Å². The topological polar surface area (TPSA) is 61.2 Å². The summed E-state index contributed by atoms with van der Waals surface area (Å²) < 4.78 is 6.52. The van der Waals surface area contributed by atoms with Gasteiger partial charge in [-0.15, -0.1) is 0 Å². The van der Waals surface area contributed by atoms with E-state index in [1.54, 1.807) is 11.5 Å². The van der Waals surface area contributed by atoms with Gasteiger partial charge in [0.05, 0.1) is 6.61 Å². The number of carbonyl (C=O) groups excluding carboxylic acids is 1. The quantitative estimate of drug-likeness (QED) is 0.588. The minimum Gasteiger partial charge on any atom is -0.463 e. The van der Waals surface area contributed by atoms with Crippen molar-refractivity contribution in [1.29, 1.82) is 0 Å². The number of rotatable bonds is 2. The molecule has 0 aromatic carbocycles. The first-order valence-corrected chi connectivity index (χ1v) is 6.08. The lowest BCUT2D eigenvalue weighted by Gasteiger charge is -2.25. The molecule has 0 unspecified atom stereocenters. The number of hydrogen-bond acceptors (Lipinski definition) is 4. The van der Waals surface area contributed by atoms with Gasteiger partial charge in [-0.05, 0) is 26.7 Å². The van der Waals surface area contributed by atoms with Gasteiger partial charge in [-0.3, -0.25) is 9.36 Å². The second-order valence-electron chi connectivity index (χ2n) is 4.29. The van der Waals surface area contributed by atoms with Crippen LogP contribution in [0.3, 0.4) is 0 Å². The Bertz CT molecular complexity index is 545. The van der Waals surface area contributed by atoms with Crippen LogP contribution in [0.25, 0.3) is 5.57 Å². The molecule has 0 radical (unpaired) electrons. The molecule has 0 saturated heterocycles. The summed E-state index contributed by atoms with van der Waals surface area (Å²) in [7, 11) is 0. The van der Waals surface area contributed by atoms with E-state index in [1.807, 2.05) is 6.92 Å². The highest BCUT2D eigenvalue weighted by Gasteiger charge is 2.22. The lowest BCUT2D eigenvalue weighted by molar-refractivity contribution is -0.137. The standard InChI is InChI=1S/C13H16N2O3/c1-3-18-12(17)8-10-5-4-9(2)15-11(16)6-7-14-13(10)15/h6-9H,3-5H2,1-2H3/b10-8+/t9-/m0/s1. The molecule has 1 aliphatic heterocycles. The Kier molecular flexibility index (Phi) is 3.60. The second-order valence-corrected chi connectivity index (χ2v) is 4.29. The number of esters is 1. The maximum atomic E-state index is 11.8. The van der Waals surface area contributed by atoms with Crippen LogP contribution in [0, 0.1) is 0 Å². The summed E-state index contributed by atoms with van der Waals surface area (Å²) in [6.07, 6.45) is 4.47. The summed E-state index contributed by atoms with van der Waals surface area (Å²) in [5.41, 5.74) is 0.686. The third kappa shape index (κ3) is 2.34. The molecule has 0 bridgehead atoms. The summed E-state index contributed by atoms with van der Waals surface area (Å²) in [4.78, 5) is 27.5. The van der Waals surface area contributed by atoms with Gasteiger partial charge in [0.1, 0.15) is 5.82 Å². The van der Waals surface area contributed by atoms with Gasteiger partial charge in [0.2, 0.25) is 0 Å². The molecule has 5 heteroatoms. The van der Waals surface area contributed by atoms with Crippen molar-refractivity contribution in [3.05, 3.63) is 34.5 Å². The third-order valence-corrected chi connectivity index (χ3v) is 3.02. The van der Waals surface area contributed by atoms with Crippen LogP contribution in [0.1, 0.15) is 38.6 Å². The number of aromatic nitrogens is 2. The van der Waals surface area contributed by atoms with E-state index in [4.69, 9.17) is 4.74 Å². The van der Waals surface area contributed by atoms with Crippen LogP contribution in [0.4, 0.5) is 0 Å². The predicted molar refractivity (Wildman–Crippen MR) is 67.1 cm³/mol. The highest BCUT2D eigenvalue weighted by Crippen LogP contribution is 2.29. The average molecular weight is 248 g/mol. The number of ether oxygens (including phenoxy) is 1. The molecule has 0 spiro atoms. The molecule has 1 atom stereocenters. The van der Waals surface area contributed by atoms with Crippen LogP contribution in [0.5, 0.6) is 0 Å². The van der Waals surface area contributed by atoms with E-state index in [1.165, 1.54) is 18.3 Å². The minimum absolute atomic E-state index is 0.0815. The summed E-state index contributed by atoms with van der Waals surface area (Å²) in [6, 6.07) is 1.55. The van der Waals surface area contributed by atoms with E-state index >= 15 is 0 Å². The molecule has 1 aromatic heterocycles. The number of fused-ring (bicyclic) bond motifs is 1. The van der Waals surface area contributed by atoms with Crippen molar-refractivity contribution >= 4 is 11.5 Å². The Balaban J connectivity index is 2.44. The van der Waals surface area contributed by atoms with E-state index in [0.717, 1.165) is 18.4 Å². The summed E-state index contributed by atoms with van der Waals surface area (Å²) in [5.74, 6) is 0.195. The van der Waals surface area contributed by atoms with Crippen LogP contribution < -0.4 is 5.56 Å². The Morgan fingerprint density at radius 1 is 1.67 bits per heavy atom. The molecular weight excluding hydrogens is 232 g/mol. The molecule has 2 heterocycles. The lowest BCUT2D eigenvalue weighted by atomic mass is 10.00. The Morgan fingerprint density at radius 2 is 2.44 bits per heavy atom. The van der Waals surface area contributed by atoms with Crippen molar-refractivity contribution in [3.8, 4) is 0 Å². The first kappa shape index (κ1) is 12.5. The van der Waals surface area contributed by atoms with Crippen LogP contribution in [0.15, 0.2) is 23.1 Å². The number of nitrogens with zero attached hydrogens (tertiary/aromatic N) is 2. The van der Waals surface area contributed by atoms with Crippen molar-refractivity contribution in [3.63, 3.8) is 0 Å². The maximum Gasteiger partial charge on any atom is 0.331 e. The van der Waals surface area contributed by atoms with E-state index in [0.29, 0.717) is 12.4 Å². The van der Waals surface area contributed by atoms with Gasteiger partial charge < -0.3 is 4.74 Å². The highest BCUT2D eigenvalue weighted by molar-refractivity contribution is 5.90. The number of hydrogen-bond donors (Lipinski definition) is 0. The van der Waals surface area contributed by atoms with Gasteiger partial charge in [-0.1, -0.05) is 0 Å². The zero-order chi connectivity index (χ0) is 13.1. The molecule has 0 saturated carbocycles. The minimum atomic E-state index is -0.383. The molecule has 0 aliphatic carbocycles. The zero-order valence-corrected chi connectivity index (χ0v) is 10.5. The SMILES string of the molecule is CCOC(=O)/C=C1\CC[C@H](C)n2c1nccc2=O. The number of carbonyl (C=O) groups is 1. The summed E-state index contributed by atoms with van der Waals surface area (Å²) in [6.45, 7) is 4.08. The van der Waals surface area contributed by atoms with Crippen molar-refractivity contribution in [1.82, 2.24) is 9.55 Å². The van der Waals surface area contributed by atoms with E-state index in [9.17, 15) is 9.59 Å². The molecular formula is C13H16N2O3. The van der Waals surface area contributed by atoms with Crippen LogP contribution in [-0.2, 0) is 9.53 Å².